The molecule has 1 saturated heterocycles. The van der Waals surface area contributed by atoms with E-state index < -0.39 is 14.6 Å². The molecule has 1 fully saturated rings. The molecule has 1 aliphatic rings. The van der Waals surface area contributed by atoms with Gasteiger partial charge < -0.3 is 14.6 Å². The first-order chi connectivity index (χ1) is 13.7. The van der Waals surface area contributed by atoms with Crippen LogP contribution >= 0.6 is 0 Å². The van der Waals surface area contributed by atoms with Crippen LogP contribution in [-0.4, -0.2) is 55.4 Å². The summed E-state index contributed by atoms with van der Waals surface area (Å²) >= 11 is 0. The van der Waals surface area contributed by atoms with Crippen molar-refractivity contribution in [2.75, 3.05) is 30.9 Å². The number of morpholine rings is 1. The van der Waals surface area contributed by atoms with E-state index in [0.29, 0.717) is 31.3 Å². The lowest BCUT2D eigenvalue weighted by atomic mass is 10.1. The Labute approximate surface area is 171 Å². The number of nitrogens with one attached hydrogen (secondary N) is 1. The molecule has 0 spiro atoms. The fourth-order valence-electron chi connectivity index (χ4n) is 3.47. The van der Waals surface area contributed by atoms with Crippen LogP contribution in [0.2, 0.25) is 0 Å². The molecule has 3 aromatic rings. The number of anilines is 1. The van der Waals surface area contributed by atoms with Crippen LogP contribution in [-0.2, 0) is 19.3 Å². The van der Waals surface area contributed by atoms with Gasteiger partial charge in [-0.3, -0.25) is 0 Å². The average Bonchev–Trinajstić information content (AvgIpc) is 3.15. The summed E-state index contributed by atoms with van der Waals surface area (Å²) in [5.41, 5.74) is 2.38. The van der Waals surface area contributed by atoms with Gasteiger partial charge in [0, 0.05) is 41.5 Å². The fourth-order valence-corrected chi connectivity index (χ4v) is 3.95. The molecular formula is C21H26N4O3S. The Balaban J connectivity index is 1.90. The Bertz CT molecular complexity index is 1150. The van der Waals surface area contributed by atoms with Crippen molar-refractivity contribution in [2.45, 2.75) is 31.6 Å². The topological polar surface area (TPSA) is 88.2 Å². The van der Waals surface area contributed by atoms with Gasteiger partial charge in [0.1, 0.15) is 10.6 Å². The van der Waals surface area contributed by atoms with Crippen molar-refractivity contribution in [3.8, 4) is 11.4 Å². The Morgan fingerprint density at radius 2 is 2.00 bits per heavy atom. The molecule has 7 nitrogen and oxygen atoms in total. The normalized spacial score (nSPS) is 18.3. The number of aromatic amines is 1. The van der Waals surface area contributed by atoms with E-state index in [4.69, 9.17) is 14.7 Å². The molecule has 1 N–H and O–H groups in total. The van der Waals surface area contributed by atoms with Gasteiger partial charge in [-0.1, -0.05) is 0 Å². The van der Waals surface area contributed by atoms with Gasteiger partial charge in [-0.05, 0) is 45.0 Å². The van der Waals surface area contributed by atoms with Gasteiger partial charge in [0.15, 0.2) is 15.7 Å². The lowest BCUT2D eigenvalue weighted by Crippen LogP contribution is -2.44. The minimum absolute atomic E-state index is 0.146. The second kappa shape index (κ2) is 7.11. The van der Waals surface area contributed by atoms with Crippen LogP contribution in [0.5, 0.6) is 0 Å². The average molecular weight is 415 g/mol. The van der Waals surface area contributed by atoms with Crippen molar-refractivity contribution < 1.29 is 13.2 Å². The number of rotatable bonds is 4. The molecule has 0 unspecified atom stereocenters. The number of ether oxygens (including phenoxy) is 1. The molecule has 4 rings (SSSR count). The van der Waals surface area contributed by atoms with Crippen LogP contribution < -0.4 is 4.90 Å². The van der Waals surface area contributed by atoms with Gasteiger partial charge in [0.2, 0.25) is 0 Å². The summed E-state index contributed by atoms with van der Waals surface area (Å²) in [6.45, 7) is 7.39. The predicted octanol–water partition coefficient (Wildman–Crippen LogP) is 3.13. The van der Waals surface area contributed by atoms with Crippen molar-refractivity contribution in [2.24, 2.45) is 0 Å². The van der Waals surface area contributed by atoms with Crippen LogP contribution in [0.1, 0.15) is 26.5 Å². The highest BCUT2D eigenvalue weighted by Crippen LogP contribution is 2.33. The third kappa shape index (κ3) is 3.62. The summed E-state index contributed by atoms with van der Waals surface area (Å²) in [7, 11) is -3.38. The maximum atomic E-state index is 12.5. The number of sulfone groups is 1. The Morgan fingerprint density at radius 3 is 2.72 bits per heavy atom. The zero-order valence-electron chi connectivity index (χ0n) is 17.1. The lowest BCUT2D eigenvalue weighted by Gasteiger charge is -2.35. The SMILES string of the molecule is C[C@H]1COCCN1c1cc(C(C)(C)S(C)(=O)=O)nc(-c2ccc3[nH]ccc3c2)n1. The summed E-state index contributed by atoms with van der Waals surface area (Å²) in [5.74, 6) is 1.25. The van der Waals surface area contributed by atoms with E-state index in [1.165, 1.54) is 6.26 Å². The van der Waals surface area contributed by atoms with Crippen molar-refractivity contribution in [3.05, 3.63) is 42.2 Å². The quantitative estimate of drug-likeness (QED) is 0.706. The maximum absolute atomic E-state index is 12.5. The van der Waals surface area contributed by atoms with Crippen LogP contribution in [0.15, 0.2) is 36.5 Å². The van der Waals surface area contributed by atoms with Crippen molar-refractivity contribution in [1.29, 1.82) is 0 Å². The molecule has 1 atom stereocenters. The van der Waals surface area contributed by atoms with E-state index in [0.717, 1.165) is 22.3 Å². The first kappa shape index (κ1) is 19.8. The van der Waals surface area contributed by atoms with E-state index in [-0.39, 0.29) is 6.04 Å². The Kier molecular flexibility index (Phi) is 4.86. The van der Waals surface area contributed by atoms with E-state index >= 15 is 0 Å². The van der Waals surface area contributed by atoms with Crippen LogP contribution in [0, 0.1) is 0 Å². The number of hydrogen-bond acceptors (Lipinski definition) is 6. The number of hydrogen-bond donors (Lipinski definition) is 1. The zero-order valence-corrected chi connectivity index (χ0v) is 18.0. The van der Waals surface area contributed by atoms with Crippen molar-refractivity contribution in [1.82, 2.24) is 15.0 Å². The van der Waals surface area contributed by atoms with Gasteiger partial charge in [0.25, 0.3) is 0 Å². The monoisotopic (exact) mass is 414 g/mol. The molecule has 1 aromatic carbocycles. The zero-order chi connectivity index (χ0) is 20.8. The van der Waals surface area contributed by atoms with Crippen LogP contribution in [0.25, 0.3) is 22.3 Å². The molecule has 8 heteroatoms. The number of fused-ring (bicyclic) bond motifs is 1. The number of H-pyrrole nitrogens is 1. The Morgan fingerprint density at radius 1 is 1.21 bits per heavy atom. The standard InChI is InChI=1S/C21H26N4O3S/c1-14-13-28-10-9-25(14)19-12-18(21(2,3)29(4,26)27)23-20(24-19)16-5-6-17-15(11-16)7-8-22-17/h5-8,11-12,14,22H,9-10,13H2,1-4H3/t14-/m0/s1. The Hall–Kier alpha value is -2.45. The summed E-state index contributed by atoms with van der Waals surface area (Å²) < 4.78 is 29.4. The van der Waals surface area contributed by atoms with Crippen molar-refractivity contribution in [3.63, 3.8) is 0 Å². The maximum Gasteiger partial charge on any atom is 0.161 e. The molecule has 2 aromatic heterocycles. The van der Waals surface area contributed by atoms with E-state index in [2.05, 4.69) is 16.8 Å². The minimum atomic E-state index is -3.38. The minimum Gasteiger partial charge on any atom is -0.377 e. The molecule has 0 aliphatic carbocycles. The van der Waals surface area contributed by atoms with E-state index in [9.17, 15) is 8.42 Å². The van der Waals surface area contributed by atoms with Gasteiger partial charge >= 0.3 is 0 Å². The molecule has 0 radical (unpaired) electrons. The third-order valence-corrected chi connectivity index (χ3v) is 7.79. The van der Waals surface area contributed by atoms with Gasteiger partial charge in [-0.2, -0.15) is 0 Å². The number of nitrogens with zero attached hydrogens (tertiary/aromatic N) is 3. The molecule has 1 aliphatic heterocycles. The molecule has 29 heavy (non-hydrogen) atoms. The summed E-state index contributed by atoms with van der Waals surface area (Å²) in [4.78, 5) is 14.9. The largest absolute Gasteiger partial charge is 0.377 e. The van der Waals surface area contributed by atoms with Crippen LogP contribution in [0.3, 0.4) is 0 Å². The summed E-state index contributed by atoms with van der Waals surface area (Å²) in [6, 6.07) is 9.91. The lowest BCUT2D eigenvalue weighted by molar-refractivity contribution is 0.0985. The van der Waals surface area contributed by atoms with E-state index in [1.807, 2.05) is 30.5 Å². The van der Waals surface area contributed by atoms with Crippen molar-refractivity contribution >= 4 is 26.6 Å². The number of aromatic nitrogens is 3. The van der Waals surface area contributed by atoms with Crippen LogP contribution in [0.4, 0.5) is 5.82 Å². The second-order valence-electron chi connectivity index (χ2n) is 8.11. The molecule has 0 saturated carbocycles. The number of benzene rings is 1. The predicted molar refractivity (Wildman–Crippen MR) is 115 cm³/mol. The first-order valence-corrected chi connectivity index (χ1v) is 11.6. The molecular weight excluding hydrogens is 388 g/mol. The smallest absolute Gasteiger partial charge is 0.161 e. The molecule has 3 heterocycles. The molecule has 0 bridgehead atoms. The molecule has 154 valence electrons. The summed E-state index contributed by atoms with van der Waals surface area (Å²) in [5, 5.41) is 1.06. The van der Waals surface area contributed by atoms with Gasteiger partial charge in [-0.15, -0.1) is 0 Å². The summed E-state index contributed by atoms with van der Waals surface area (Å²) in [6.07, 6.45) is 3.14. The molecule has 0 amide bonds. The third-order valence-electron chi connectivity index (χ3n) is 5.73. The van der Waals surface area contributed by atoms with Gasteiger partial charge in [0.05, 0.1) is 24.9 Å². The fraction of sp³-hybridized carbons (Fsp3) is 0.429. The highest BCUT2D eigenvalue weighted by atomic mass is 32.2. The second-order valence-corrected chi connectivity index (χ2v) is 10.7. The highest BCUT2D eigenvalue weighted by Gasteiger charge is 2.35. The first-order valence-electron chi connectivity index (χ1n) is 9.68. The van der Waals surface area contributed by atoms with E-state index in [1.54, 1.807) is 19.9 Å². The highest BCUT2D eigenvalue weighted by molar-refractivity contribution is 7.91. The van der Waals surface area contributed by atoms with Gasteiger partial charge in [-0.25, -0.2) is 18.4 Å².